The number of anilines is 1. The fourth-order valence-corrected chi connectivity index (χ4v) is 1.42. The summed E-state index contributed by atoms with van der Waals surface area (Å²) in [4.78, 5) is 22.7. The lowest BCUT2D eigenvalue weighted by Gasteiger charge is -2.12. The topological polar surface area (TPSA) is 67.4 Å². The van der Waals surface area contributed by atoms with Crippen LogP contribution in [0.4, 0.5) is 10.5 Å². The quantitative estimate of drug-likeness (QED) is 0.802. The summed E-state index contributed by atoms with van der Waals surface area (Å²) in [7, 11) is 1.28. The molecule has 1 aromatic rings. The third-order valence-electron chi connectivity index (χ3n) is 2.52. The molecule has 1 unspecified atom stereocenters. The summed E-state index contributed by atoms with van der Waals surface area (Å²) in [6.07, 6.45) is 0.950. The smallest absolute Gasteiger partial charge is 0.328 e. The Morgan fingerprint density at radius 3 is 2.39 bits per heavy atom. The van der Waals surface area contributed by atoms with Crippen LogP contribution in [0.15, 0.2) is 24.3 Å². The van der Waals surface area contributed by atoms with E-state index in [4.69, 9.17) is 0 Å². The van der Waals surface area contributed by atoms with Crippen molar-refractivity contribution in [3.63, 3.8) is 0 Å². The molecule has 1 rings (SSSR count). The molecule has 5 heteroatoms. The molecule has 0 aliphatic rings. The highest BCUT2D eigenvalue weighted by atomic mass is 16.5. The summed E-state index contributed by atoms with van der Waals surface area (Å²) in [6.45, 7) is 3.62. The number of ether oxygens (including phenoxy) is 1. The van der Waals surface area contributed by atoms with E-state index in [2.05, 4.69) is 22.3 Å². The maximum atomic E-state index is 11.6. The average molecular weight is 250 g/mol. The minimum Gasteiger partial charge on any atom is -0.467 e. The molecule has 0 radical (unpaired) electrons. The minimum atomic E-state index is -0.676. The van der Waals surface area contributed by atoms with E-state index < -0.39 is 18.0 Å². The van der Waals surface area contributed by atoms with Crippen molar-refractivity contribution >= 4 is 17.7 Å². The lowest BCUT2D eigenvalue weighted by Crippen LogP contribution is -2.41. The van der Waals surface area contributed by atoms with Gasteiger partial charge >= 0.3 is 12.0 Å². The number of rotatable bonds is 4. The van der Waals surface area contributed by atoms with Gasteiger partial charge in [0.1, 0.15) is 6.04 Å². The van der Waals surface area contributed by atoms with Gasteiger partial charge in [-0.05, 0) is 31.0 Å². The number of methoxy groups -OCH3 is 1. The lowest BCUT2D eigenvalue weighted by molar-refractivity contribution is -0.142. The number of urea groups is 1. The fraction of sp³-hybridized carbons (Fsp3) is 0.385. The van der Waals surface area contributed by atoms with Crippen molar-refractivity contribution < 1.29 is 14.3 Å². The Morgan fingerprint density at radius 1 is 1.28 bits per heavy atom. The molecule has 5 nitrogen and oxygen atoms in total. The highest BCUT2D eigenvalue weighted by Gasteiger charge is 2.15. The summed E-state index contributed by atoms with van der Waals surface area (Å²) in [5, 5.41) is 5.13. The first-order chi connectivity index (χ1) is 8.56. The number of aryl methyl sites for hydroxylation is 1. The summed E-state index contributed by atoms with van der Waals surface area (Å²) in [5.74, 6) is -0.480. The molecule has 0 saturated carbocycles. The fourth-order valence-electron chi connectivity index (χ4n) is 1.42. The highest BCUT2D eigenvalue weighted by Crippen LogP contribution is 2.09. The van der Waals surface area contributed by atoms with Gasteiger partial charge in [0.05, 0.1) is 7.11 Å². The van der Waals surface area contributed by atoms with Crippen LogP contribution in [0.2, 0.25) is 0 Å². The number of carbonyl (C=O) groups excluding carboxylic acids is 2. The Balaban J connectivity index is 2.51. The third kappa shape index (κ3) is 4.08. The zero-order chi connectivity index (χ0) is 13.5. The molecule has 0 aliphatic heterocycles. The molecular weight excluding hydrogens is 232 g/mol. The number of esters is 1. The Kier molecular flexibility index (Phi) is 5.17. The molecule has 2 amide bonds. The van der Waals surface area contributed by atoms with E-state index >= 15 is 0 Å². The van der Waals surface area contributed by atoms with Gasteiger partial charge in [0.2, 0.25) is 0 Å². The number of amides is 2. The molecule has 0 saturated heterocycles. The Hall–Kier alpha value is -2.04. The molecule has 0 fully saturated rings. The number of benzene rings is 1. The van der Waals surface area contributed by atoms with Gasteiger partial charge in [-0.15, -0.1) is 0 Å². The van der Waals surface area contributed by atoms with Gasteiger partial charge in [-0.25, -0.2) is 9.59 Å². The summed E-state index contributed by atoms with van der Waals surface area (Å²) in [5.41, 5.74) is 1.88. The van der Waals surface area contributed by atoms with Gasteiger partial charge < -0.3 is 15.4 Å². The van der Waals surface area contributed by atoms with Crippen LogP contribution in [0.25, 0.3) is 0 Å². The monoisotopic (exact) mass is 250 g/mol. The molecule has 0 heterocycles. The second-order valence-electron chi connectivity index (χ2n) is 3.89. The van der Waals surface area contributed by atoms with Gasteiger partial charge in [0.25, 0.3) is 0 Å². The molecule has 0 spiro atoms. The number of nitrogens with one attached hydrogen (secondary N) is 2. The van der Waals surface area contributed by atoms with Gasteiger partial charge in [-0.1, -0.05) is 19.1 Å². The Labute approximate surface area is 107 Å². The molecule has 0 aliphatic carbocycles. The SMILES string of the molecule is CCc1ccc(NC(=O)NC(C)C(=O)OC)cc1. The standard InChI is InChI=1S/C13H18N2O3/c1-4-10-5-7-11(8-6-10)15-13(17)14-9(2)12(16)18-3/h5-9H,4H2,1-3H3,(H2,14,15,17). The molecule has 98 valence electrons. The third-order valence-corrected chi connectivity index (χ3v) is 2.52. The van der Waals surface area contributed by atoms with Crippen molar-refractivity contribution in [1.82, 2.24) is 5.32 Å². The van der Waals surface area contributed by atoms with Crippen LogP contribution in [0.5, 0.6) is 0 Å². The first-order valence-electron chi connectivity index (χ1n) is 5.81. The van der Waals surface area contributed by atoms with E-state index in [-0.39, 0.29) is 0 Å². The predicted molar refractivity (Wildman–Crippen MR) is 69.5 cm³/mol. The van der Waals surface area contributed by atoms with E-state index in [0.29, 0.717) is 5.69 Å². The van der Waals surface area contributed by atoms with Crippen LogP contribution in [0.1, 0.15) is 19.4 Å². The van der Waals surface area contributed by atoms with E-state index in [1.807, 2.05) is 24.3 Å². The molecular formula is C13H18N2O3. The number of carbonyl (C=O) groups is 2. The van der Waals surface area contributed by atoms with Crippen molar-refractivity contribution in [3.05, 3.63) is 29.8 Å². The van der Waals surface area contributed by atoms with E-state index in [9.17, 15) is 9.59 Å². The second-order valence-corrected chi connectivity index (χ2v) is 3.89. The lowest BCUT2D eigenvalue weighted by atomic mass is 10.1. The number of hydrogen-bond donors (Lipinski definition) is 2. The molecule has 2 N–H and O–H groups in total. The number of hydrogen-bond acceptors (Lipinski definition) is 3. The minimum absolute atomic E-state index is 0.433. The first kappa shape index (κ1) is 14.0. The highest BCUT2D eigenvalue weighted by molar-refractivity contribution is 5.92. The van der Waals surface area contributed by atoms with Crippen LogP contribution >= 0.6 is 0 Å². The van der Waals surface area contributed by atoms with E-state index in [1.165, 1.54) is 12.7 Å². The maximum absolute atomic E-state index is 11.6. The van der Waals surface area contributed by atoms with Crippen molar-refractivity contribution in [3.8, 4) is 0 Å². The van der Waals surface area contributed by atoms with Crippen LogP contribution < -0.4 is 10.6 Å². The second kappa shape index (κ2) is 6.64. The predicted octanol–water partition coefficient (Wildman–Crippen LogP) is 1.93. The van der Waals surface area contributed by atoms with Gasteiger partial charge in [-0.3, -0.25) is 0 Å². The zero-order valence-electron chi connectivity index (χ0n) is 10.8. The normalized spacial score (nSPS) is 11.5. The molecule has 18 heavy (non-hydrogen) atoms. The zero-order valence-corrected chi connectivity index (χ0v) is 10.8. The summed E-state index contributed by atoms with van der Waals surface area (Å²) in [6, 6.07) is 6.42. The first-order valence-corrected chi connectivity index (χ1v) is 5.81. The summed E-state index contributed by atoms with van der Waals surface area (Å²) >= 11 is 0. The van der Waals surface area contributed by atoms with Gasteiger partial charge in [0, 0.05) is 5.69 Å². The summed E-state index contributed by atoms with van der Waals surface area (Å²) < 4.78 is 4.51. The van der Waals surface area contributed by atoms with Crippen LogP contribution in [-0.4, -0.2) is 25.2 Å². The maximum Gasteiger partial charge on any atom is 0.328 e. The van der Waals surface area contributed by atoms with Crippen molar-refractivity contribution in [1.29, 1.82) is 0 Å². The molecule has 1 atom stereocenters. The van der Waals surface area contributed by atoms with Crippen molar-refractivity contribution in [2.45, 2.75) is 26.3 Å². The average Bonchev–Trinajstić information content (AvgIpc) is 2.38. The van der Waals surface area contributed by atoms with Crippen LogP contribution in [0.3, 0.4) is 0 Å². The van der Waals surface area contributed by atoms with Crippen molar-refractivity contribution in [2.24, 2.45) is 0 Å². The Morgan fingerprint density at radius 2 is 1.89 bits per heavy atom. The van der Waals surface area contributed by atoms with E-state index in [0.717, 1.165) is 6.42 Å². The molecule has 0 bridgehead atoms. The largest absolute Gasteiger partial charge is 0.467 e. The van der Waals surface area contributed by atoms with Crippen molar-refractivity contribution in [2.75, 3.05) is 12.4 Å². The van der Waals surface area contributed by atoms with E-state index in [1.54, 1.807) is 6.92 Å². The molecule has 1 aromatic carbocycles. The van der Waals surface area contributed by atoms with Crippen LogP contribution in [0, 0.1) is 0 Å². The Bertz CT molecular complexity index is 415. The van der Waals surface area contributed by atoms with Gasteiger partial charge in [0.15, 0.2) is 0 Å². The molecule has 0 aromatic heterocycles. The van der Waals surface area contributed by atoms with Gasteiger partial charge in [-0.2, -0.15) is 0 Å². The van der Waals surface area contributed by atoms with Crippen LogP contribution in [-0.2, 0) is 16.0 Å².